The second kappa shape index (κ2) is 6.62. The highest BCUT2D eigenvalue weighted by atomic mass is 35.5. The summed E-state index contributed by atoms with van der Waals surface area (Å²) in [6.45, 7) is 3.58. The molecule has 0 aromatic heterocycles. The van der Waals surface area contributed by atoms with E-state index in [1.54, 1.807) is 26.1 Å². The van der Waals surface area contributed by atoms with E-state index in [2.05, 4.69) is 4.99 Å². The third kappa shape index (κ3) is 6.55. The average Bonchev–Trinajstić information content (AvgIpc) is 2.18. The Hall–Kier alpha value is -0.910. The van der Waals surface area contributed by atoms with Crippen LogP contribution in [0.15, 0.2) is 34.2 Å². The molecule has 0 fully saturated rings. The van der Waals surface area contributed by atoms with Crippen LogP contribution < -0.4 is 0 Å². The van der Waals surface area contributed by atoms with Crippen LogP contribution in [0.5, 0.6) is 0 Å². The smallest absolute Gasteiger partial charge is 0.282 e. The van der Waals surface area contributed by atoms with Gasteiger partial charge in [0.1, 0.15) is 0 Å². The van der Waals surface area contributed by atoms with Crippen molar-refractivity contribution in [2.24, 2.45) is 4.99 Å². The molecule has 1 N–H and O–H groups in total. The molecule has 0 amide bonds. The van der Waals surface area contributed by atoms with Crippen molar-refractivity contribution < 1.29 is 13.0 Å². The second-order valence-electron chi connectivity index (χ2n) is 3.01. The van der Waals surface area contributed by atoms with Gasteiger partial charge in [-0.2, -0.15) is 8.42 Å². The fourth-order valence-electron chi connectivity index (χ4n) is 0.710. The zero-order valence-corrected chi connectivity index (χ0v) is 10.9. The largest absolute Gasteiger partial charge is 0.294 e. The van der Waals surface area contributed by atoms with Gasteiger partial charge in [0.15, 0.2) is 0 Å². The van der Waals surface area contributed by atoms with Crippen molar-refractivity contribution in [3.05, 3.63) is 29.8 Å². The molecule has 0 unspecified atom stereocenters. The van der Waals surface area contributed by atoms with E-state index in [9.17, 15) is 8.42 Å². The minimum atomic E-state index is -4.02. The topological polar surface area (TPSA) is 66.7 Å². The number of nitrogens with zero attached hydrogens (tertiary/aromatic N) is 1. The number of rotatable bonds is 1. The van der Waals surface area contributed by atoms with Crippen LogP contribution in [0, 0.1) is 6.92 Å². The van der Waals surface area contributed by atoms with Crippen LogP contribution in [0.2, 0.25) is 0 Å². The van der Waals surface area contributed by atoms with Crippen LogP contribution in [0.4, 0.5) is 0 Å². The maximum Gasteiger partial charge on any atom is 0.294 e. The van der Waals surface area contributed by atoms with Gasteiger partial charge in [-0.1, -0.05) is 29.3 Å². The molecule has 0 aliphatic rings. The highest BCUT2D eigenvalue weighted by Gasteiger charge is 2.06. The number of hydrogen-bond donors (Lipinski definition) is 1. The van der Waals surface area contributed by atoms with E-state index in [4.69, 9.17) is 16.2 Å². The molecule has 1 rings (SSSR count). The van der Waals surface area contributed by atoms with E-state index in [1.807, 2.05) is 6.92 Å². The molecule has 16 heavy (non-hydrogen) atoms. The van der Waals surface area contributed by atoms with Crippen molar-refractivity contribution >= 4 is 26.9 Å². The summed E-state index contributed by atoms with van der Waals surface area (Å²) in [4.78, 5) is 3.50. The summed E-state index contributed by atoms with van der Waals surface area (Å²) in [5.74, 6) is 0. The van der Waals surface area contributed by atoms with Crippen LogP contribution in [0.3, 0.4) is 0 Å². The van der Waals surface area contributed by atoms with E-state index in [1.165, 1.54) is 12.1 Å². The first-order chi connectivity index (χ1) is 7.27. The molecule has 0 spiro atoms. The molecular formula is C10H14ClNO3S. The van der Waals surface area contributed by atoms with Crippen molar-refractivity contribution in [1.29, 1.82) is 0 Å². The molecule has 0 heterocycles. The van der Waals surface area contributed by atoms with E-state index < -0.39 is 10.1 Å². The molecule has 0 saturated heterocycles. The highest BCUT2D eigenvalue weighted by molar-refractivity contribution is 7.85. The zero-order chi connectivity index (χ0) is 12.8. The average molecular weight is 264 g/mol. The van der Waals surface area contributed by atoms with Gasteiger partial charge in [0, 0.05) is 7.05 Å². The molecule has 0 radical (unpaired) electrons. The summed E-state index contributed by atoms with van der Waals surface area (Å²) in [5, 5.41) is 0.602. The van der Waals surface area contributed by atoms with Crippen LogP contribution in [0.1, 0.15) is 12.5 Å². The van der Waals surface area contributed by atoms with Gasteiger partial charge in [-0.15, -0.1) is 0 Å². The summed E-state index contributed by atoms with van der Waals surface area (Å²) in [5.41, 5.74) is 0.956. The first-order valence-corrected chi connectivity index (χ1v) is 6.22. The number of hydrogen-bond acceptors (Lipinski definition) is 3. The first-order valence-electron chi connectivity index (χ1n) is 4.40. The molecule has 0 aliphatic heterocycles. The summed E-state index contributed by atoms with van der Waals surface area (Å²) in [7, 11) is -2.36. The maximum atomic E-state index is 10.5. The third-order valence-corrected chi connectivity index (χ3v) is 2.66. The van der Waals surface area contributed by atoms with Gasteiger partial charge in [-0.3, -0.25) is 9.55 Å². The Morgan fingerprint density at radius 2 is 1.69 bits per heavy atom. The number of aliphatic imine (C=N–C) groups is 1. The normalized spacial score (nSPS) is 11.7. The second-order valence-corrected chi connectivity index (χ2v) is 4.98. The number of benzene rings is 1. The molecule has 0 atom stereocenters. The summed E-state index contributed by atoms with van der Waals surface area (Å²) in [6.07, 6.45) is 0. The van der Waals surface area contributed by atoms with Gasteiger partial charge in [0.2, 0.25) is 0 Å². The Balaban J connectivity index is 0.000000385. The van der Waals surface area contributed by atoms with Gasteiger partial charge in [0.05, 0.1) is 10.1 Å². The van der Waals surface area contributed by atoms with Crippen LogP contribution >= 0.6 is 11.6 Å². The van der Waals surface area contributed by atoms with Crippen molar-refractivity contribution in [3.63, 3.8) is 0 Å². The van der Waals surface area contributed by atoms with Gasteiger partial charge in [-0.25, -0.2) is 0 Å². The minimum absolute atomic E-state index is 0.0666. The summed E-state index contributed by atoms with van der Waals surface area (Å²) < 4.78 is 29.6. The Labute approximate surface area is 101 Å². The van der Waals surface area contributed by atoms with E-state index >= 15 is 0 Å². The molecule has 1 aromatic rings. The van der Waals surface area contributed by atoms with Gasteiger partial charge < -0.3 is 0 Å². The summed E-state index contributed by atoms with van der Waals surface area (Å²) >= 11 is 5.21. The predicted molar refractivity (Wildman–Crippen MR) is 65.9 cm³/mol. The molecule has 6 heteroatoms. The lowest BCUT2D eigenvalue weighted by Gasteiger charge is -1.95. The predicted octanol–water partition coefficient (Wildman–Crippen LogP) is 2.52. The molecule has 0 bridgehead atoms. The van der Waals surface area contributed by atoms with Crippen molar-refractivity contribution in [1.82, 2.24) is 0 Å². The standard InChI is InChI=1S/C7H8O3S.C3H6ClN/c1-6-2-4-7(5-3-6)11(8,9)10;1-3(4)5-2/h2-5H,1H3,(H,8,9,10);1-2H3/b;5-3-. The van der Waals surface area contributed by atoms with Gasteiger partial charge in [0.25, 0.3) is 10.1 Å². The number of aryl methyl sites for hydroxylation is 1. The molecular weight excluding hydrogens is 250 g/mol. The SMILES string of the molecule is C/N=C(/C)Cl.Cc1ccc(S(=O)(=O)O)cc1. The summed E-state index contributed by atoms with van der Waals surface area (Å²) in [6, 6.07) is 5.99. The van der Waals surface area contributed by atoms with Crippen LogP contribution in [-0.4, -0.2) is 25.2 Å². The molecule has 0 saturated carbocycles. The fraction of sp³-hybridized carbons (Fsp3) is 0.300. The van der Waals surface area contributed by atoms with Gasteiger partial charge in [-0.05, 0) is 26.0 Å². The Kier molecular flexibility index (Phi) is 6.25. The molecule has 0 aliphatic carbocycles. The maximum absolute atomic E-state index is 10.5. The molecule has 1 aromatic carbocycles. The Morgan fingerprint density at radius 3 is 1.94 bits per heavy atom. The lowest BCUT2D eigenvalue weighted by molar-refractivity contribution is 0.483. The fourth-order valence-corrected chi connectivity index (χ4v) is 1.19. The minimum Gasteiger partial charge on any atom is -0.282 e. The van der Waals surface area contributed by atoms with Crippen LogP contribution in [-0.2, 0) is 10.1 Å². The molecule has 4 nitrogen and oxygen atoms in total. The van der Waals surface area contributed by atoms with E-state index in [0.717, 1.165) is 5.56 Å². The number of halogens is 1. The highest BCUT2D eigenvalue weighted by Crippen LogP contribution is 2.08. The van der Waals surface area contributed by atoms with Crippen LogP contribution in [0.25, 0.3) is 0 Å². The Morgan fingerprint density at radius 1 is 1.31 bits per heavy atom. The van der Waals surface area contributed by atoms with Crippen molar-refractivity contribution in [3.8, 4) is 0 Å². The van der Waals surface area contributed by atoms with E-state index in [0.29, 0.717) is 5.17 Å². The first kappa shape index (κ1) is 15.1. The third-order valence-electron chi connectivity index (χ3n) is 1.63. The van der Waals surface area contributed by atoms with Crippen molar-refractivity contribution in [2.75, 3.05) is 7.05 Å². The van der Waals surface area contributed by atoms with E-state index in [-0.39, 0.29) is 4.90 Å². The monoisotopic (exact) mass is 263 g/mol. The van der Waals surface area contributed by atoms with Crippen molar-refractivity contribution in [2.45, 2.75) is 18.7 Å². The van der Waals surface area contributed by atoms with Gasteiger partial charge >= 0.3 is 0 Å². The quantitative estimate of drug-likeness (QED) is 0.625. The Bertz CT molecular complexity index is 447. The molecule has 90 valence electrons. The lowest BCUT2D eigenvalue weighted by atomic mass is 10.2. The lowest BCUT2D eigenvalue weighted by Crippen LogP contribution is -1.96. The zero-order valence-electron chi connectivity index (χ0n) is 9.31.